The van der Waals surface area contributed by atoms with Crippen molar-refractivity contribution >= 4 is 11.8 Å². The number of likely N-dealkylation sites (N-methyl/N-ethyl adjacent to an activating group) is 1. The van der Waals surface area contributed by atoms with Crippen LogP contribution in [0.5, 0.6) is 0 Å². The molecular formula is C12H20N2S. The van der Waals surface area contributed by atoms with E-state index in [1.54, 1.807) is 11.8 Å². The second kappa shape index (κ2) is 6.88. The average Bonchev–Trinajstić information content (AvgIpc) is 2.29. The summed E-state index contributed by atoms with van der Waals surface area (Å²) in [5, 5.41) is 0. The first kappa shape index (κ1) is 12.6. The summed E-state index contributed by atoms with van der Waals surface area (Å²) in [6.45, 7) is 5.94. The van der Waals surface area contributed by atoms with Crippen molar-refractivity contribution in [1.29, 1.82) is 0 Å². The van der Waals surface area contributed by atoms with Crippen LogP contribution >= 0.6 is 11.8 Å². The molecule has 0 aliphatic carbocycles. The molecule has 2 nitrogen and oxygen atoms in total. The van der Waals surface area contributed by atoms with Crippen LogP contribution in [0.15, 0.2) is 29.2 Å². The largest absolute Gasteiger partial charge is 0.329 e. The third-order valence-electron chi connectivity index (χ3n) is 2.46. The summed E-state index contributed by atoms with van der Waals surface area (Å²) in [5.74, 6) is 0. The molecule has 0 atom stereocenters. The van der Waals surface area contributed by atoms with Gasteiger partial charge in [0.1, 0.15) is 0 Å². The maximum atomic E-state index is 5.56. The fraction of sp³-hybridized carbons (Fsp3) is 0.500. The summed E-state index contributed by atoms with van der Waals surface area (Å²) in [6, 6.07) is 8.75. The zero-order valence-electron chi connectivity index (χ0n) is 9.57. The van der Waals surface area contributed by atoms with Crippen molar-refractivity contribution in [3.63, 3.8) is 0 Å². The van der Waals surface area contributed by atoms with Gasteiger partial charge in [-0.2, -0.15) is 0 Å². The highest BCUT2D eigenvalue weighted by atomic mass is 32.2. The number of hydrogen-bond acceptors (Lipinski definition) is 3. The molecule has 0 spiro atoms. The first-order valence-electron chi connectivity index (χ1n) is 5.35. The van der Waals surface area contributed by atoms with E-state index >= 15 is 0 Å². The fourth-order valence-electron chi connectivity index (χ4n) is 1.52. The van der Waals surface area contributed by atoms with Crippen molar-refractivity contribution in [2.45, 2.75) is 18.4 Å². The van der Waals surface area contributed by atoms with Crippen molar-refractivity contribution in [2.24, 2.45) is 5.73 Å². The maximum Gasteiger partial charge on any atom is 0.0234 e. The van der Waals surface area contributed by atoms with Crippen LogP contribution in [0.25, 0.3) is 0 Å². The molecule has 3 heteroatoms. The van der Waals surface area contributed by atoms with Crippen molar-refractivity contribution in [2.75, 3.05) is 25.9 Å². The Kier molecular flexibility index (Phi) is 5.76. The Morgan fingerprint density at radius 2 is 1.93 bits per heavy atom. The lowest BCUT2D eigenvalue weighted by Crippen LogP contribution is -2.28. The lowest BCUT2D eigenvalue weighted by atomic mass is 10.2. The van der Waals surface area contributed by atoms with Crippen molar-refractivity contribution < 1.29 is 0 Å². The molecule has 0 heterocycles. The van der Waals surface area contributed by atoms with Crippen molar-refractivity contribution in [1.82, 2.24) is 4.90 Å². The Labute approximate surface area is 96.8 Å². The highest BCUT2D eigenvalue weighted by Crippen LogP contribution is 2.15. The molecule has 0 amide bonds. The predicted octanol–water partition coefficient (Wildman–Crippen LogP) is 2.19. The zero-order chi connectivity index (χ0) is 11.1. The molecule has 1 aromatic rings. The Bertz CT molecular complexity index is 271. The Balaban J connectivity index is 2.55. The lowest BCUT2D eigenvalue weighted by molar-refractivity contribution is 0.288. The van der Waals surface area contributed by atoms with Gasteiger partial charge in [0.25, 0.3) is 0 Å². The molecule has 0 aliphatic rings. The average molecular weight is 224 g/mol. The standard InChI is InChI=1S/C12H20N2S/c1-3-14(9-8-13)10-11-4-6-12(15-2)7-5-11/h4-7H,3,8-10,13H2,1-2H3. The summed E-state index contributed by atoms with van der Waals surface area (Å²) in [7, 11) is 0. The van der Waals surface area contributed by atoms with Crippen LogP contribution in [0.2, 0.25) is 0 Å². The summed E-state index contributed by atoms with van der Waals surface area (Å²) in [6.07, 6.45) is 2.10. The molecule has 0 saturated carbocycles. The summed E-state index contributed by atoms with van der Waals surface area (Å²) >= 11 is 1.78. The van der Waals surface area contributed by atoms with E-state index in [1.165, 1.54) is 10.5 Å². The maximum absolute atomic E-state index is 5.56. The van der Waals surface area contributed by atoms with Gasteiger partial charge in [-0.15, -0.1) is 11.8 Å². The number of thioether (sulfide) groups is 1. The number of nitrogens with two attached hydrogens (primary N) is 1. The molecule has 2 N–H and O–H groups in total. The second-order valence-corrected chi connectivity index (χ2v) is 4.39. The van der Waals surface area contributed by atoms with Gasteiger partial charge in [0.05, 0.1) is 0 Å². The van der Waals surface area contributed by atoms with E-state index in [-0.39, 0.29) is 0 Å². The first-order chi connectivity index (χ1) is 7.30. The van der Waals surface area contributed by atoms with Gasteiger partial charge in [-0.1, -0.05) is 19.1 Å². The van der Waals surface area contributed by atoms with Gasteiger partial charge in [-0.25, -0.2) is 0 Å². The van der Waals surface area contributed by atoms with Crippen molar-refractivity contribution in [3.05, 3.63) is 29.8 Å². The van der Waals surface area contributed by atoms with Gasteiger partial charge in [0, 0.05) is 24.5 Å². The molecule has 0 radical (unpaired) electrons. The normalized spacial score (nSPS) is 10.9. The molecule has 0 fully saturated rings. The van der Waals surface area contributed by atoms with Gasteiger partial charge in [0.2, 0.25) is 0 Å². The van der Waals surface area contributed by atoms with Crippen LogP contribution in [0.1, 0.15) is 12.5 Å². The fourth-order valence-corrected chi connectivity index (χ4v) is 1.93. The number of hydrogen-bond donors (Lipinski definition) is 1. The van der Waals surface area contributed by atoms with E-state index in [0.717, 1.165) is 26.2 Å². The minimum atomic E-state index is 0.733. The van der Waals surface area contributed by atoms with Crippen LogP contribution < -0.4 is 5.73 Å². The molecular weight excluding hydrogens is 204 g/mol. The first-order valence-corrected chi connectivity index (χ1v) is 6.58. The molecule has 0 unspecified atom stereocenters. The zero-order valence-corrected chi connectivity index (χ0v) is 10.4. The Morgan fingerprint density at radius 1 is 1.27 bits per heavy atom. The monoisotopic (exact) mass is 224 g/mol. The minimum absolute atomic E-state index is 0.733. The summed E-state index contributed by atoms with van der Waals surface area (Å²) in [4.78, 5) is 3.68. The van der Waals surface area contributed by atoms with E-state index in [1.807, 2.05) is 0 Å². The number of benzene rings is 1. The highest BCUT2D eigenvalue weighted by molar-refractivity contribution is 7.98. The number of nitrogens with zero attached hydrogens (tertiary/aromatic N) is 1. The van der Waals surface area contributed by atoms with Crippen LogP contribution in [-0.2, 0) is 6.54 Å². The quantitative estimate of drug-likeness (QED) is 0.751. The Hall–Kier alpha value is -0.510. The third-order valence-corrected chi connectivity index (χ3v) is 3.20. The van der Waals surface area contributed by atoms with Gasteiger partial charge in [0.15, 0.2) is 0 Å². The van der Waals surface area contributed by atoms with E-state index in [2.05, 4.69) is 42.3 Å². The Morgan fingerprint density at radius 3 is 2.40 bits per heavy atom. The molecule has 0 saturated heterocycles. The SMILES string of the molecule is CCN(CCN)Cc1ccc(SC)cc1. The smallest absolute Gasteiger partial charge is 0.0234 e. The third kappa shape index (κ3) is 4.24. The molecule has 84 valence electrons. The minimum Gasteiger partial charge on any atom is -0.329 e. The van der Waals surface area contributed by atoms with E-state index < -0.39 is 0 Å². The lowest BCUT2D eigenvalue weighted by Gasteiger charge is -2.19. The van der Waals surface area contributed by atoms with Crippen LogP contribution in [0.3, 0.4) is 0 Å². The van der Waals surface area contributed by atoms with Crippen LogP contribution in [-0.4, -0.2) is 30.8 Å². The molecule has 1 aromatic carbocycles. The second-order valence-electron chi connectivity index (χ2n) is 3.51. The van der Waals surface area contributed by atoms with Crippen LogP contribution in [0.4, 0.5) is 0 Å². The summed E-state index contributed by atoms with van der Waals surface area (Å²) < 4.78 is 0. The molecule has 0 bridgehead atoms. The van der Waals surface area contributed by atoms with E-state index in [9.17, 15) is 0 Å². The molecule has 0 aromatic heterocycles. The van der Waals surface area contributed by atoms with Gasteiger partial charge < -0.3 is 5.73 Å². The predicted molar refractivity (Wildman–Crippen MR) is 68.2 cm³/mol. The van der Waals surface area contributed by atoms with Crippen LogP contribution in [0, 0.1) is 0 Å². The topological polar surface area (TPSA) is 29.3 Å². The van der Waals surface area contributed by atoms with Gasteiger partial charge >= 0.3 is 0 Å². The van der Waals surface area contributed by atoms with Crippen molar-refractivity contribution in [3.8, 4) is 0 Å². The van der Waals surface area contributed by atoms with E-state index in [4.69, 9.17) is 5.73 Å². The number of rotatable bonds is 6. The van der Waals surface area contributed by atoms with Gasteiger partial charge in [-0.3, -0.25) is 4.90 Å². The molecule has 15 heavy (non-hydrogen) atoms. The molecule has 0 aliphatic heterocycles. The highest BCUT2D eigenvalue weighted by Gasteiger charge is 2.02. The van der Waals surface area contributed by atoms with Gasteiger partial charge in [-0.05, 0) is 30.5 Å². The summed E-state index contributed by atoms with van der Waals surface area (Å²) in [5.41, 5.74) is 6.92. The van der Waals surface area contributed by atoms with E-state index in [0.29, 0.717) is 0 Å². The molecule has 1 rings (SSSR count).